The summed E-state index contributed by atoms with van der Waals surface area (Å²) in [5.74, 6) is -1.44. The van der Waals surface area contributed by atoms with Crippen LogP contribution in [0.5, 0.6) is 0 Å². The summed E-state index contributed by atoms with van der Waals surface area (Å²) < 4.78 is 56.7. The summed E-state index contributed by atoms with van der Waals surface area (Å²) in [5, 5.41) is 30.2. The average Bonchev–Trinajstić information content (AvgIpc) is 3.64. The van der Waals surface area contributed by atoms with E-state index in [0.29, 0.717) is 25.7 Å². The highest BCUT2D eigenvalue weighted by atomic mass is 31.3. The van der Waals surface area contributed by atoms with Gasteiger partial charge in [-0.2, -0.15) is 9.29 Å². The van der Waals surface area contributed by atoms with E-state index in [1.54, 1.807) is 6.92 Å². The number of carbonyl (C=O) groups excluding carboxylic acids is 2. The van der Waals surface area contributed by atoms with Crippen LogP contribution < -0.4 is 11.4 Å². The maximum absolute atomic E-state index is 12.9. The molecule has 0 amide bonds. The highest BCUT2D eigenvalue weighted by molar-refractivity contribution is 7.61. The van der Waals surface area contributed by atoms with E-state index in [2.05, 4.69) is 107 Å². The first kappa shape index (κ1) is 66.5. The van der Waals surface area contributed by atoms with Gasteiger partial charge in [0.1, 0.15) is 30.7 Å². The fourth-order valence-electron chi connectivity index (χ4n) is 6.88. The molecule has 0 aliphatic carbocycles. The Labute approximate surface area is 443 Å². The number of nitrogens with two attached hydrogens (primary N) is 1. The van der Waals surface area contributed by atoms with Gasteiger partial charge in [-0.05, 0) is 116 Å². The van der Waals surface area contributed by atoms with Gasteiger partial charge in [-0.3, -0.25) is 23.2 Å². The number of phosphoric acid groups is 2. The van der Waals surface area contributed by atoms with Crippen molar-refractivity contribution in [3.63, 3.8) is 0 Å². The smallest absolute Gasteiger partial charge is 0.462 e. The van der Waals surface area contributed by atoms with Crippen LogP contribution in [0.4, 0.5) is 5.82 Å². The first-order valence-electron chi connectivity index (χ1n) is 25.9. The standard InChI is InChI=1S/C54H83N3O16P2/c1-3-4-5-6-7-8-9-10-11-12-13-14-17-21-24-27-30-33-36-39-50(60)71-46(42-68-49(59)38-35-32-29-26-23-20-18-15-16-19-22-25-28-31-34-37-45(2)58)43-69-74(64,65)73-75(66,67)70-44-47-51(61)52(62)53(72-47)57-41-40-48(55)56-54(57)63/h4-5,7-8,10-11,13-14,16,18-21,24-26,28-29,40-41,45-47,51-53,58,61-62H,3,6,9,12,15,17,22-23,27,30-39,42-44H2,1-2H3,(H,64,65)(H,66,67)(H2,55,56,63)/b5-4-,8-7-,11-10-,14-13-,19-16-,20-18-,24-21-,28-25-,29-26-/t45-,46-,47-,51-,52-,53-/m1/s1. The van der Waals surface area contributed by atoms with Gasteiger partial charge in [-0.1, -0.05) is 123 Å². The molecule has 1 aromatic rings. The van der Waals surface area contributed by atoms with E-state index in [0.717, 1.165) is 94.2 Å². The number of allylic oxidation sites excluding steroid dienone is 18. The molecule has 19 nitrogen and oxygen atoms in total. The molecule has 21 heteroatoms. The Hall–Kier alpha value is -4.62. The molecular weight excluding hydrogens is 1010 g/mol. The van der Waals surface area contributed by atoms with E-state index >= 15 is 0 Å². The number of aromatic nitrogens is 2. The Morgan fingerprint density at radius 3 is 1.72 bits per heavy atom. The maximum Gasteiger partial charge on any atom is 0.481 e. The van der Waals surface area contributed by atoms with E-state index in [-0.39, 0.29) is 24.8 Å². The number of rotatable bonds is 41. The maximum atomic E-state index is 12.9. The van der Waals surface area contributed by atoms with Crippen molar-refractivity contribution in [1.82, 2.24) is 9.55 Å². The fraction of sp³-hybridized carbons (Fsp3) is 0.556. The zero-order valence-corrected chi connectivity index (χ0v) is 45.4. The predicted molar refractivity (Wildman–Crippen MR) is 290 cm³/mol. The van der Waals surface area contributed by atoms with Crippen LogP contribution in [0.25, 0.3) is 0 Å². The molecule has 1 fully saturated rings. The van der Waals surface area contributed by atoms with Gasteiger partial charge in [-0.15, -0.1) is 0 Å². The van der Waals surface area contributed by atoms with Crippen LogP contribution in [0.1, 0.15) is 142 Å². The number of hydrogen-bond acceptors (Lipinski definition) is 16. The minimum atomic E-state index is -5.46. The van der Waals surface area contributed by atoms with Gasteiger partial charge in [-0.25, -0.2) is 13.9 Å². The number of anilines is 1. The minimum absolute atomic E-state index is 0.0141. The summed E-state index contributed by atoms with van der Waals surface area (Å²) in [5.41, 5.74) is 4.58. The van der Waals surface area contributed by atoms with Gasteiger partial charge < -0.3 is 45.1 Å². The molecule has 1 aromatic heterocycles. The first-order chi connectivity index (χ1) is 36.0. The lowest BCUT2D eigenvalue weighted by atomic mass is 10.1. The molecule has 75 heavy (non-hydrogen) atoms. The van der Waals surface area contributed by atoms with Gasteiger partial charge in [0.05, 0.1) is 19.3 Å². The predicted octanol–water partition coefficient (Wildman–Crippen LogP) is 9.97. The highest BCUT2D eigenvalue weighted by Gasteiger charge is 2.46. The number of unbranched alkanes of at least 4 members (excludes halogenated alkanes) is 5. The first-order valence-corrected chi connectivity index (χ1v) is 28.9. The molecular formula is C54H83N3O16P2. The van der Waals surface area contributed by atoms with Crippen molar-refractivity contribution in [3.05, 3.63) is 132 Å². The van der Waals surface area contributed by atoms with Crippen molar-refractivity contribution < 1.29 is 71.4 Å². The molecule has 0 saturated carbocycles. The lowest BCUT2D eigenvalue weighted by Crippen LogP contribution is -2.36. The third-order valence-corrected chi connectivity index (χ3v) is 13.5. The van der Waals surface area contributed by atoms with Crippen LogP contribution in [-0.4, -0.2) is 96.9 Å². The SMILES string of the molecule is CC/C=C\C/C=C\C/C=C\C/C=C\C/C=C\CCCCCC(=O)O[C@H](COC(=O)CCC/C=C\C/C=C\C/C=C\C/C=C\CCC[C@@H](C)O)COP(=O)(O)OP(=O)(O)OC[C@H]1O[C@@H](n2ccc(N)nc2=O)[C@H](O)[C@@H]1O. The van der Waals surface area contributed by atoms with E-state index in [9.17, 15) is 48.6 Å². The molecule has 1 aliphatic rings. The number of aliphatic hydroxyl groups excluding tert-OH is 3. The molecule has 8 atom stereocenters. The highest BCUT2D eigenvalue weighted by Crippen LogP contribution is 2.60. The number of ether oxygens (including phenoxy) is 3. The van der Waals surface area contributed by atoms with E-state index in [1.165, 1.54) is 6.07 Å². The topological polar surface area (TPSA) is 286 Å². The molecule has 420 valence electrons. The second-order valence-electron chi connectivity index (χ2n) is 17.6. The second kappa shape index (κ2) is 40.6. The molecule has 2 heterocycles. The largest absolute Gasteiger partial charge is 0.481 e. The van der Waals surface area contributed by atoms with Crippen molar-refractivity contribution in [2.75, 3.05) is 25.6 Å². The Morgan fingerprint density at radius 1 is 0.693 bits per heavy atom. The Kier molecular flexibility index (Phi) is 36.0. The van der Waals surface area contributed by atoms with Gasteiger partial charge in [0.25, 0.3) is 0 Å². The Morgan fingerprint density at radius 2 is 1.19 bits per heavy atom. The third-order valence-electron chi connectivity index (χ3n) is 10.9. The van der Waals surface area contributed by atoms with Crippen LogP contribution >= 0.6 is 15.6 Å². The van der Waals surface area contributed by atoms with Crippen LogP contribution in [0.15, 0.2) is 126 Å². The molecule has 0 bridgehead atoms. The van der Waals surface area contributed by atoms with Crippen LogP contribution in [0, 0.1) is 0 Å². The summed E-state index contributed by atoms with van der Waals surface area (Å²) in [7, 11) is -10.9. The lowest BCUT2D eigenvalue weighted by molar-refractivity contribution is -0.161. The normalized spacial score (nSPS) is 20.1. The van der Waals surface area contributed by atoms with Gasteiger partial charge in [0.15, 0.2) is 12.3 Å². The van der Waals surface area contributed by atoms with Crippen molar-refractivity contribution in [2.24, 2.45) is 0 Å². The monoisotopic (exact) mass is 1090 g/mol. The van der Waals surface area contributed by atoms with Gasteiger partial charge in [0.2, 0.25) is 0 Å². The minimum Gasteiger partial charge on any atom is -0.462 e. The lowest BCUT2D eigenvalue weighted by Gasteiger charge is -2.21. The number of esters is 2. The van der Waals surface area contributed by atoms with Crippen molar-refractivity contribution >= 4 is 33.4 Å². The molecule has 0 aromatic carbocycles. The molecule has 0 spiro atoms. The van der Waals surface area contributed by atoms with E-state index < -0.39 is 83.7 Å². The number of nitrogens with zero attached hydrogens (tertiary/aromatic N) is 2. The van der Waals surface area contributed by atoms with Crippen LogP contribution in [0.3, 0.4) is 0 Å². The molecule has 0 radical (unpaired) electrons. The van der Waals surface area contributed by atoms with Crippen molar-refractivity contribution in [1.29, 1.82) is 0 Å². The zero-order valence-electron chi connectivity index (χ0n) is 43.7. The van der Waals surface area contributed by atoms with Crippen LogP contribution in [0.2, 0.25) is 0 Å². The van der Waals surface area contributed by atoms with Gasteiger partial charge >= 0.3 is 33.3 Å². The number of aliphatic hydroxyl groups is 3. The zero-order chi connectivity index (χ0) is 55.0. The summed E-state index contributed by atoms with van der Waals surface area (Å²) in [6, 6.07) is 1.24. The summed E-state index contributed by atoms with van der Waals surface area (Å²) in [6.07, 6.45) is 44.4. The molecule has 7 N–H and O–H groups in total. The summed E-state index contributed by atoms with van der Waals surface area (Å²) in [6.45, 7) is 1.49. The van der Waals surface area contributed by atoms with Crippen molar-refractivity contribution in [3.8, 4) is 0 Å². The van der Waals surface area contributed by atoms with E-state index in [1.807, 2.05) is 18.2 Å². The van der Waals surface area contributed by atoms with Crippen LogP contribution in [-0.2, 0) is 46.3 Å². The molecule has 1 saturated heterocycles. The Bertz CT molecular complexity index is 2200. The molecule has 2 rings (SSSR count). The summed E-state index contributed by atoms with van der Waals surface area (Å²) in [4.78, 5) is 61.9. The number of hydrogen-bond donors (Lipinski definition) is 6. The summed E-state index contributed by atoms with van der Waals surface area (Å²) >= 11 is 0. The second-order valence-corrected chi connectivity index (χ2v) is 20.6. The van der Waals surface area contributed by atoms with Crippen molar-refractivity contribution in [2.45, 2.75) is 173 Å². The van der Waals surface area contributed by atoms with E-state index in [4.69, 9.17) is 29.0 Å². The fourth-order valence-corrected chi connectivity index (χ4v) is 8.99. The third kappa shape index (κ3) is 33.9. The average molecular weight is 1090 g/mol. The number of nitrogen functional groups attached to an aromatic ring is 1. The quantitative estimate of drug-likeness (QED) is 0.0154. The van der Waals surface area contributed by atoms with Gasteiger partial charge in [0, 0.05) is 19.0 Å². The number of carbonyl (C=O) groups is 2. The molecule has 1 aliphatic heterocycles. The molecule has 2 unspecified atom stereocenters. The number of phosphoric ester groups is 2. The Balaban J connectivity index is 1.84.